The number of rotatable bonds is 8. The molecule has 1 aliphatic heterocycles. The van der Waals surface area contributed by atoms with E-state index in [4.69, 9.17) is 9.73 Å². The van der Waals surface area contributed by atoms with Crippen LogP contribution in [-0.4, -0.2) is 50.9 Å². The van der Waals surface area contributed by atoms with Crippen LogP contribution in [0.5, 0.6) is 0 Å². The van der Waals surface area contributed by atoms with Gasteiger partial charge in [-0.15, -0.1) is 35.3 Å². The Morgan fingerprint density at radius 3 is 2.70 bits per heavy atom. The molecule has 1 aromatic rings. The largest absolute Gasteiger partial charge is 0.378 e. The number of anilines is 1. The van der Waals surface area contributed by atoms with E-state index < -0.39 is 0 Å². The van der Waals surface area contributed by atoms with Crippen LogP contribution in [0.4, 0.5) is 5.00 Å². The van der Waals surface area contributed by atoms with Crippen molar-refractivity contribution in [3.63, 3.8) is 0 Å². The lowest BCUT2D eigenvalue weighted by Gasteiger charge is -2.33. The zero-order valence-electron chi connectivity index (χ0n) is 16.5. The standard InChI is InChI=1S/C20H34N4OS.HI/c1-2-21-20(22-12-6-15-25-18-7-3-4-8-18)23-17-10-13-24(14-11-17)19-9-5-16-26-19;/h5,9,16-18H,2-4,6-8,10-15H2,1H3,(H2,21,22,23);1H. The van der Waals surface area contributed by atoms with Gasteiger partial charge in [0.05, 0.1) is 11.1 Å². The van der Waals surface area contributed by atoms with Crippen molar-refractivity contribution in [3.8, 4) is 0 Å². The zero-order valence-corrected chi connectivity index (χ0v) is 19.6. The van der Waals surface area contributed by atoms with Crippen molar-refractivity contribution in [1.82, 2.24) is 10.6 Å². The van der Waals surface area contributed by atoms with Gasteiger partial charge in [-0.25, -0.2) is 0 Å². The third-order valence-electron chi connectivity index (χ3n) is 5.23. The molecule has 1 saturated carbocycles. The van der Waals surface area contributed by atoms with Crippen molar-refractivity contribution in [2.75, 3.05) is 37.7 Å². The van der Waals surface area contributed by atoms with E-state index in [0.29, 0.717) is 12.1 Å². The molecule has 0 unspecified atom stereocenters. The van der Waals surface area contributed by atoms with Crippen LogP contribution in [-0.2, 0) is 4.74 Å². The number of halogens is 1. The molecule has 0 spiro atoms. The first-order chi connectivity index (χ1) is 12.8. The number of nitrogens with zero attached hydrogens (tertiary/aromatic N) is 2. The van der Waals surface area contributed by atoms with Crippen molar-refractivity contribution in [2.45, 2.75) is 64.0 Å². The van der Waals surface area contributed by atoms with Crippen molar-refractivity contribution in [2.24, 2.45) is 4.99 Å². The molecule has 0 atom stereocenters. The Morgan fingerprint density at radius 2 is 2.04 bits per heavy atom. The minimum Gasteiger partial charge on any atom is -0.378 e. The van der Waals surface area contributed by atoms with E-state index in [1.165, 1.54) is 30.7 Å². The fourth-order valence-corrected chi connectivity index (χ4v) is 4.55. The normalized spacial score (nSPS) is 19.1. The minimum atomic E-state index is 0. The maximum absolute atomic E-state index is 5.93. The average molecular weight is 506 g/mol. The molecule has 0 amide bonds. The molecule has 0 bridgehead atoms. The summed E-state index contributed by atoms with van der Waals surface area (Å²) in [5.74, 6) is 0.961. The first-order valence-corrected chi connectivity index (χ1v) is 11.2. The second-order valence-corrected chi connectivity index (χ2v) is 8.17. The second kappa shape index (κ2) is 12.8. The Bertz CT molecular complexity index is 526. The first kappa shape index (κ1) is 22.7. The number of guanidine groups is 1. The van der Waals surface area contributed by atoms with Crippen molar-refractivity contribution < 1.29 is 4.74 Å². The molecule has 1 saturated heterocycles. The number of hydrogen-bond donors (Lipinski definition) is 2. The maximum Gasteiger partial charge on any atom is 0.191 e. The summed E-state index contributed by atoms with van der Waals surface area (Å²) in [7, 11) is 0. The van der Waals surface area contributed by atoms with E-state index in [1.807, 2.05) is 11.3 Å². The van der Waals surface area contributed by atoms with E-state index in [-0.39, 0.29) is 24.0 Å². The van der Waals surface area contributed by atoms with Gasteiger partial charge in [-0.1, -0.05) is 12.8 Å². The fourth-order valence-electron chi connectivity index (χ4n) is 3.77. The Morgan fingerprint density at radius 1 is 1.26 bits per heavy atom. The highest BCUT2D eigenvalue weighted by Crippen LogP contribution is 2.24. The SMILES string of the molecule is CCNC(=NCCCOC1CCCC1)NC1CCN(c2cccs2)CC1.I. The van der Waals surface area contributed by atoms with Gasteiger partial charge in [0.15, 0.2) is 5.96 Å². The third kappa shape index (κ3) is 7.77. The van der Waals surface area contributed by atoms with E-state index in [2.05, 4.69) is 40.0 Å². The Labute approximate surface area is 185 Å². The summed E-state index contributed by atoms with van der Waals surface area (Å²) in [6, 6.07) is 4.87. The van der Waals surface area contributed by atoms with Crippen LogP contribution in [0.2, 0.25) is 0 Å². The van der Waals surface area contributed by atoms with Crippen LogP contribution in [0.25, 0.3) is 0 Å². The average Bonchev–Trinajstić information content (AvgIpc) is 3.36. The summed E-state index contributed by atoms with van der Waals surface area (Å²) in [5.41, 5.74) is 0. The minimum absolute atomic E-state index is 0. The van der Waals surface area contributed by atoms with Gasteiger partial charge in [-0.2, -0.15) is 0 Å². The molecule has 2 N–H and O–H groups in total. The van der Waals surface area contributed by atoms with Crippen molar-refractivity contribution in [3.05, 3.63) is 17.5 Å². The summed E-state index contributed by atoms with van der Waals surface area (Å²) in [4.78, 5) is 7.24. The maximum atomic E-state index is 5.93. The number of piperidine rings is 1. The Balaban J connectivity index is 0.00000261. The van der Waals surface area contributed by atoms with Gasteiger partial charge in [-0.3, -0.25) is 4.99 Å². The van der Waals surface area contributed by atoms with Gasteiger partial charge in [-0.05, 0) is 56.5 Å². The van der Waals surface area contributed by atoms with Gasteiger partial charge >= 0.3 is 0 Å². The zero-order chi connectivity index (χ0) is 18.0. The van der Waals surface area contributed by atoms with Crippen LogP contribution in [0.1, 0.15) is 51.9 Å². The molecule has 1 aromatic heterocycles. The predicted molar refractivity (Wildman–Crippen MR) is 127 cm³/mol. The summed E-state index contributed by atoms with van der Waals surface area (Å²) in [6.07, 6.45) is 9.00. The summed E-state index contributed by atoms with van der Waals surface area (Å²) in [6.45, 7) is 6.93. The molecule has 2 fully saturated rings. The summed E-state index contributed by atoms with van der Waals surface area (Å²) >= 11 is 1.83. The van der Waals surface area contributed by atoms with E-state index >= 15 is 0 Å². The van der Waals surface area contributed by atoms with Gasteiger partial charge in [0, 0.05) is 38.8 Å². The van der Waals surface area contributed by atoms with Crippen LogP contribution < -0.4 is 15.5 Å². The molecule has 2 aliphatic rings. The van der Waals surface area contributed by atoms with Crippen LogP contribution in [0, 0.1) is 0 Å². The van der Waals surface area contributed by atoms with E-state index in [9.17, 15) is 0 Å². The molecule has 0 radical (unpaired) electrons. The smallest absolute Gasteiger partial charge is 0.191 e. The number of ether oxygens (including phenoxy) is 1. The fraction of sp³-hybridized carbons (Fsp3) is 0.750. The Hall–Kier alpha value is -0.540. The molecule has 5 nitrogen and oxygen atoms in total. The number of aliphatic imine (C=N–C) groups is 1. The highest BCUT2D eigenvalue weighted by Gasteiger charge is 2.20. The Kier molecular flexibility index (Phi) is 10.8. The quantitative estimate of drug-likeness (QED) is 0.240. The number of nitrogens with one attached hydrogen (secondary N) is 2. The lowest BCUT2D eigenvalue weighted by molar-refractivity contribution is 0.0579. The molecule has 3 rings (SSSR count). The third-order valence-corrected chi connectivity index (χ3v) is 6.15. The van der Waals surface area contributed by atoms with E-state index in [0.717, 1.165) is 58.0 Å². The summed E-state index contributed by atoms with van der Waals surface area (Å²) in [5, 5.41) is 10.6. The number of hydrogen-bond acceptors (Lipinski definition) is 4. The lowest BCUT2D eigenvalue weighted by Crippen LogP contribution is -2.48. The van der Waals surface area contributed by atoms with E-state index in [1.54, 1.807) is 0 Å². The monoisotopic (exact) mass is 506 g/mol. The molecule has 154 valence electrons. The highest BCUT2D eigenvalue weighted by atomic mass is 127. The van der Waals surface area contributed by atoms with Crippen LogP contribution in [0.3, 0.4) is 0 Å². The number of thiophene rings is 1. The van der Waals surface area contributed by atoms with Crippen LogP contribution >= 0.6 is 35.3 Å². The van der Waals surface area contributed by atoms with Gasteiger partial charge in [0.1, 0.15) is 0 Å². The topological polar surface area (TPSA) is 48.9 Å². The molecular formula is C20H35IN4OS. The van der Waals surface area contributed by atoms with Gasteiger partial charge < -0.3 is 20.3 Å². The molecule has 2 heterocycles. The van der Waals surface area contributed by atoms with Crippen molar-refractivity contribution in [1.29, 1.82) is 0 Å². The first-order valence-electron chi connectivity index (χ1n) is 10.3. The predicted octanol–water partition coefficient (Wildman–Crippen LogP) is 4.24. The second-order valence-electron chi connectivity index (χ2n) is 7.25. The molecular weight excluding hydrogens is 471 g/mol. The van der Waals surface area contributed by atoms with Crippen LogP contribution in [0.15, 0.2) is 22.5 Å². The lowest BCUT2D eigenvalue weighted by atomic mass is 10.1. The van der Waals surface area contributed by atoms with Gasteiger partial charge in [0.2, 0.25) is 0 Å². The molecule has 0 aromatic carbocycles. The molecule has 1 aliphatic carbocycles. The van der Waals surface area contributed by atoms with Gasteiger partial charge in [0.25, 0.3) is 0 Å². The molecule has 7 heteroatoms. The van der Waals surface area contributed by atoms with Crippen molar-refractivity contribution >= 4 is 46.3 Å². The highest BCUT2D eigenvalue weighted by molar-refractivity contribution is 14.0. The summed E-state index contributed by atoms with van der Waals surface area (Å²) < 4.78 is 5.93. The molecule has 27 heavy (non-hydrogen) atoms.